The Bertz CT molecular complexity index is 1200. The normalized spacial score (nSPS) is 11.2. The van der Waals surface area contributed by atoms with E-state index in [-0.39, 0.29) is 11.7 Å². The lowest BCUT2D eigenvalue weighted by molar-refractivity contribution is 0.0925. The number of nitrogens with zero attached hydrogens (tertiary/aromatic N) is 1. The lowest BCUT2D eigenvalue weighted by atomic mass is 10.1. The summed E-state index contributed by atoms with van der Waals surface area (Å²) in [6.07, 6.45) is 0.600. The van der Waals surface area contributed by atoms with Crippen molar-refractivity contribution in [1.82, 2.24) is 10.3 Å². The first-order valence-electron chi connectivity index (χ1n) is 9.29. The fraction of sp³-hybridized carbons (Fsp3) is 0.182. The topological polar surface area (TPSA) is 68.3 Å². The van der Waals surface area contributed by atoms with E-state index in [0.717, 1.165) is 22.2 Å². The molecule has 154 valence electrons. The van der Waals surface area contributed by atoms with Crippen LogP contribution in [0.1, 0.15) is 27.4 Å². The molecule has 2 aromatic heterocycles. The van der Waals surface area contributed by atoms with Crippen molar-refractivity contribution in [3.63, 3.8) is 0 Å². The van der Waals surface area contributed by atoms with Crippen LogP contribution in [-0.4, -0.2) is 17.4 Å². The SMILES string of the molecule is Cc1cccc2oc(SCc3ccc(C(=O)NCCc4ccc(Cl)cc4Cl)o3)nc12. The minimum Gasteiger partial charge on any atom is -0.455 e. The molecule has 0 radical (unpaired) electrons. The number of aromatic nitrogens is 1. The molecule has 4 aromatic rings. The zero-order valence-electron chi connectivity index (χ0n) is 16.1. The van der Waals surface area contributed by atoms with Crippen LogP contribution in [0, 0.1) is 6.92 Å². The van der Waals surface area contributed by atoms with Gasteiger partial charge in [-0.1, -0.05) is 53.2 Å². The number of para-hydroxylation sites is 1. The molecule has 1 N–H and O–H groups in total. The van der Waals surface area contributed by atoms with Gasteiger partial charge >= 0.3 is 0 Å². The van der Waals surface area contributed by atoms with Crippen molar-refractivity contribution in [2.45, 2.75) is 24.3 Å². The molecule has 1 amide bonds. The zero-order valence-corrected chi connectivity index (χ0v) is 18.4. The van der Waals surface area contributed by atoms with Gasteiger partial charge in [0.05, 0.1) is 5.75 Å². The number of hydrogen-bond donors (Lipinski definition) is 1. The number of rotatable bonds is 7. The van der Waals surface area contributed by atoms with Crippen molar-refractivity contribution in [2.24, 2.45) is 0 Å². The van der Waals surface area contributed by atoms with Gasteiger partial charge in [-0.15, -0.1) is 0 Å². The summed E-state index contributed by atoms with van der Waals surface area (Å²) in [5.74, 6) is 1.18. The van der Waals surface area contributed by atoms with Gasteiger partial charge in [0, 0.05) is 16.6 Å². The molecule has 0 aliphatic rings. The molecule has 0 saturated carbocycles. The molecular formula is C22H18Cl2N2O3S. The molecule has 30 heavy (non-hydrogen) atoms. The van der Waals surface area contributed by atoms with Crippen molar-refractivity contribution in [3.05, 3.63) is 81.2 Å². The van der Waals surface area contributed by atoms with Gasteiger partial charge in [-0.2, -0.15) is 0 Å². The summed E-state index contributed by atoms with van der Waals surface area (Å²) in [6.45, 7) is 2.44. The largest absolute Gasteiger partial charge is 0.455 e. The molecule has 2 heterocycles. The minimum atomic E-state index is -0.270. The number of carbonyl (C=O) groups is 1. The second-order valence-electron chi connectivity index (χ2n) is 6.70. The van der Waals surface area contributed by atoms with Crippen LogP contribution in [-0.2, 0) is 12.2 Å². The predicted octanol–water partition coefficient (Wildman–Crippen LogP) is 6.30. The van der Waals surface area contributed by atoms with E-state index < -0.39 is 0 Å². The van der Waals surface area contributed by atoms with Gasteiger partial charge in [-0.25, -0.2) is 4.98 Å². The highest BCUT2D eigenvalue weighted by Gasteiger charge is 2.13. The quantitative estimate of drug-likeness (QED) is 0.327. The van der Waals surface area contributed by atoms with Crippen molar-refractivity contribution in [1.29, 1.82) is 0 Å². The summed E-state index contributed by atoms with van der Waals surface area (Å²) < 4.78 is 11.4. The first-order valence-corrected chi connectivity index (χ1v) is 11.0. The third-order valence-electron chi connectivity index (χ3n) is 4.52. The molecule has 0 fully saturated rings. The highest BCUT2D eigenvalue weighted by Crippen LogP contribution is 2.28. The standard InChI is InChI=1S/C22H18Cl2N2O3S/c1-13-3-2-4-18-20(13)26-22(29-18)30-12-16-7-8-19(28-16)21(27)25-10-9-14-5-6-15(23)11-17(14)24/h2-8,11H,9-10,12H2,1H3,(H,25,27). The third-order valence-corrected chi connectivity index (χ3v) is 5.96. The Morgan fingerprint density at radius 3 is 2.80 bits per heavy atom. The highest BCUT2D eigenvalue weighted by molar-refractivity contribution is 7.98. The van der Waals surface area contributed by atoms with Crippen molar-refractivity contribution >= 4 is 52.0 Å². The van der Waals surface area contributed by atoms with Crippen LogP contribution in [0.25, 0.3) is 11.1 Å². The van der Waals surface area contributed by atoms with Gasteiger partial charge in [0.15, 0.2) is 11.3 Å². The van der Waals surface area contributed by atoms with Gasteiger partial charge in [0.2, 0.25) is 0 Å². The summed E-state index contributed by atoms with van der Waals surface area (Å²) >= 11 is 13.5. The molecule has 0 spiro atoms. The molecule has 2 aromatic carbocycles. The van der Waals surface area contributed by atoms with Crippen LogP contribution < -0.4 is 5.32 Å². The Morgan fingerprint density at radius 1 is 1.13 bits per heavy atom. The summed E-state index contributed by atoms with van der Waals surface area (Å²) in [5, 5.41) is 4.58. The third kappa shape index (κ3) is 4.83. The average molecular weight is 461 g/mol. The molecular weight excluding hydrogens is 443 g/mol. The Morgan fingerprint density at radius 2 is 2.00 bits per heavy atom. The number of oxazole rings is 1. The Hall–Kier alpha value is -2.41. The monoisotopic (exact) mass is 460 g/mol. The van der Waals surface area contributed by atoms with Crippen LogP contribution in [0.5, 0.6) is 0 Å². The lowest BCUT2D eigenvalue weighted by Crippen LogP contribution is -2.25. The fourth-order valence-corrected chi connectivity index (χ4v) is 4.19. The number of fused-ring (bicyclic) bond motifs is 1. The minimum absolute atomic E-state index is 0.265. The van der Waals surface area contributed by atoms with Crippen molar-refractivity contribution in [2.75, 3.05) is 6.54 Å². The highest BCUT2D eigenvalue weighted by atomic mass is 35.5. The number of benzene rings is 2. The average Bonchev–Trinajstić information content (AvgIpc) is 3.35. The van der Waals surface area contributed by atoms with Crippen LogP contribution in [0.4, 0.5) is 0 Å². The van der Waals surface area contributed by atoms with E-state index in [0.29, 0.717) is 39.7 Å². The Kier molecular flexibility index (Phi) is 6.37. The predicted molar refractivity (Wildman–Crippen MR) is 120 cm³/mol. The molecule has 0 saturated heterocycles. The lowest BCUT2D eigenvalue weighted by Gasteiger charge is -2.06. The number of amides is 1. The van der Waals surface area contributed by atoms with Gasteiger partial charge in [0.25, 0.3) is 11.1 Å². The number of aryl methyl sites for hydroxylation is 1. The molecule has 0 aliphatic carbocycles. The second-order valence-corrected chi connectivity index (χ2v) is 8.47. The Balaban J connectivity index is 1.30. The smallest absolute Gasteiger partial charge is 0.287 e. The van der Waals surface area contributed by atoms with Crippen molar-refractivity contribution in [3.8, 4) is 0 Å². The van der Waals surface area contributed by atoms with Crippen LogP contribution in [0.2, 0.25) is 10.0 Å². The molecule has 0 atom stereocenters. The number of nitrogens with one attached hydrogen (secondary N) is 1. The van der Waals surface area contributed by atoms with Crippen LogP contribution in [0.15, 0.2) is 62.6 Å². The Labute approximate surface area is 187 Å². The van der Waals surface area contributed by atoms with Crippen molar-refractivity contribution < 1.29 is 13.6 Å². The fourth-order valence-electron chi connectivity index (χ4n) is 2.96. The van der Waals surface area contributed by atoms with E-state index >= 15 is 0 Å². The summed E-state index contributed by atoms with van der Waals surface area (Å²) in [7, 11) is 0. The van der Waals surface area contributed by atoms with Gasteiger partial charge in [0.1, 0.15) is 11.3 Å². The first-order chi connectivity index (χ1) is 14.5. The van der Waals surface area contributed by atoms with Crippen LogP contribution >= 0.6 is 35.0 Å². The van der Waals surface area contributed by atoms with E-state index in [1.165, 1.54) is 11.8 Å². The van der Waals surface area contributed by atoms with Gasteiger partial charge in [-0.05, 0) is 54.8 Å². The van der Waals surface area contributed by atoms with E-state index in [1.807, 2.05) is 31.2 Å². The molecule has 4 rings (SSSR count). The zero-order chi connectivity index (χ0) is 21.1. The van der Waals surface area contributed by atoms with Crippen LogP contribution in [0.3, 0.4) is 0 Å². The van der Waals surface area contributed by atoms with Gasteiger partial charge in [-0.3, -0.25) is 4.79 Å². The number of hydrogen-bond acceptors (Lipinski definition) is 5. The number of carbonyl (C=O) groups excluding carboxylic acids is 1. The maximum absolute atomic E-state index is 12.3. The molecule has 0 aliphatic heterocycles. The maximum atomic E-state index is 12.3. The maximum Gasteiger partial charge on any atom is 0.287 e. The van der Waals surface area contributed by atoms with E-state index in [9.17, 15) is 4.79 Å². The first kappa shape index (κ1) is 20.8. The summed E-state index contributed by atoms with van der Waals surface area (Å²) in [4.78, 5) is 16.8. The summed E-state index contributed by atoms with van der Waals surface area (Å²) in [6, 6.07) is 14.6. The van der Waals surface area contributed by atoms with E-state index in [2.05, 4.69) is 10.3 Å². The van der Waals surface area contributed by atoms with E-state index in [4.69, 9.17) is 32.0 Å². The molecule has 0 unspecified atom stereocenters. The van der Waals surface area contributed by atoms with Gasteiger partial charge < -0.3 is 14.2 Å². The number of furan rings is 1. The second kappa shape index (κ2) is 9.16. The molecule has 8 heteroatoms. The number of halogens is 2. The number of thioether (sulfide) groups is 1. The van der Waals surface area contributed by atoms with E-state index in [1.54, 1.807) is 24.3 Å². The molecule has 0 bridgehead atoms. The molecule has 5 nitrogen and oxygen atoms in total. The summed E-state index contributed by atoms with van der Waals surface area (Å²) in [5.41, 5.74) is 3.62.